The van der Waals surface area contributed by atoms with Gasteiger partial charge in [-0.1, -0.05) is 0 Å². The SMILES string of the molecule is COCC(C)(C)NC(=O)CC1COCCN1. The van der Waals surface area contributed by atoms with Crippen molar-refractivity contribution in [2.24, 2.45) is 0 Å². The van der Waals surface area contributed by atoms with E-state index in [4.69, 9.17) is 9.47 Å². The normalized spacial score (nSPS) is 21.8. The zero-order chi connectivity index (χ0) is 12.0. The molecule has 2 N–H and O–H groups in total. The van der Waals surface area contributed by atoms with E-state index in [1.54, 1.807) is 7.11 Å². The third-order valence-corrected chi connectivity index (χ3v) is 2.41. The van der Waals surface area contributed by atoms with Gasteiger partial charge in [0.25, 0.3) is 0 Å². The van der Waals surface area contributed by atoms with Gasteiger partial charge >= 0.3 is 0 Å². The second-order valence-electron chi connectivity index (χ2n) is 4.80. The van der Waals surface area contributed by atoms with E-state index in [0.717, 1.165) is 13.2 Å². The lowest BCUT2D eigenvalue weighted by Gasteiger charge is -2.28. The fourth-order valence-electron chi connectivity index (χ4n) is 1.80. The molecular weight excluding hydrogens is 208 g/mol. The van der Waals surface area contributed by atoms with Gasteiger partial charge in [0.15, 0.2) is 0 Å². The summed E-state index contributed by atoms with van der Waals surface area (Å²) in [5.41, 5.74) is -0.318. The number of hydrogen-bond donors (Lipinski definition) is 2. The number of nitrogens with one attached hydrogen (secondary N) is 2. The number of hydrogen-bond acceptors (Lipinski definition) is 4. The van der Waals surface area contributed by atoms with Crippen LogP contribution in [0.15, 0.2) is 0 Å². The molecule has 0 aromatic heterocycles. The van der Waals surface area contributed by atoms with Gasteiger partial charge in [-0.2, -0.15) is 0 Å². The second kappa shape index (κ2) is 6.18. The van der Waals surface area contributed by atoms with Crippen molar-refractivity contribution in [2.75, 3.05) is 33.5 Å². The number of amides is 1. The lowest BCUT2D eigenvalue weighted by atomic mass is 10.1. The molecule has 1 aliphatic rings. The van der Waals surface area contributed by atoms with E-state index in [-0.39, 0.29) is 17.5 Å². The third kappa shape index (κ3) is 4.92. The molecule has 1 rings (SSSR count). The molecule has 1 saturated heterocycles. The van der Waals surface area contributed by atoms with Gasteiger partial charge < -0.3 is 20.1 Å². The fourth-order valence-corrected chi connectivity index (χ4v) is 1.80. The van der Waals surface area contributed by atoms with Gasteiger partial charge in [-0.25, -0.2) is 0 Å². The van der Waals surface area contributed by atoms with Gasteiger partial charge in [-0.3, -0.25) is 4.79 Å². The molecule has 5 nitrogen and oxygen atoms in total. The first-order chi connectivity index (χ1) is 7.53. The average Bonchev–Trinajstić information content (AvgIpc) is 2.17. The van der Waals surface area contributed by atoms with Crippen LogP contribution in [0.5, 0.6) is 0 Å². The van der Waals surface area contributed by atoms with Crippen molar-refractivity contribution in [3.05, 3.63) is 0 Å². The van der Waals surface area contributed by atoms with Crippen LogP contribution >= 0.6 is 0 Å². The maximum Gasteiger partial charge on any atom is 0.222 e. The third-order valence-electron chi connectivity index (χ3n) is 2.41. The Morgan fingerprint density at radius 2 is 2.38 bits per heavy atom. The summed E-state index contributed by atoms with van der Waals surface area (Å²) in [6.45, 7) is 6.55. The Bertz CT molecular complexity index is 225. The molecule has 94 valence electrons. The first kappa shape index (κ1) is 13.4. The summed E-state index contributed by atoms with van der Waals surface area (Å²) in [6.07, 6.45) is 0.452. The van der Waals surface area contributed by atoms with Gasteiger partial charge in [-0.15, -0.1) is 0 Å². The maximum atomic E-state index is 11.7. The van der Waals surface area contributed by atoms with Crippen LogP contribution in [0.25, 0.3) is 0 Å². The highest BCUT2D eigenvalue weighted by Crippen LogP contribution is 2.04. The first-order valence-electron chi connectivity index (χ1n) is 5.64. The van der Waals surface area contributed by atoms with Gasteiger partial charge in [0.1, 0.15) is 0 Å². The van der Waals surface area contributed by atoms with Crippen molar-refractivity contribution < 1.29 is 14.3 Å². The molecule has 1 atom stereocenters. The maximum absolute atomic E-state index is 11.7. The molecule has 1 heterocycles. The molecule has 1 aliphatic heterocycles. The Hall–Kier alpha value is -0.650. The summed E-state index contributed by atoms with van der Waals surface area (Å²) in [5, 5.41) is 6.20. The van der Waals surface area contributed by atoms with E-state index in [1.807, 2.05) is 13.8 Å². The lowest BCUT2D eigenvalue weighted by Crippen LogP contribution is -2.50. The summed E-state index contributed by atoms with van der Waals surface area (Å²) in [7, 11) is 1.63. The van der Waals surface area contributed by atoms with E-state index in [2.05, 4.69) is 10.6 Å². The second-order valence-corrected chi connectivity index (χ2v) is 4.80. The zero-order valence-corrected chi connectivity index (χ0v) is 10.3. The standard InChI is InChI=1S/C11H22N2O3/c1-11(2,8-15-3)13-10(14)6-9-7-16-5-4-12-9/h9,12H,4-8H2,1-3H3,(H,13,14). The Balaban J connectivity index is 2.28. The summed E-state index contributed by atoms with van der Waals surface area (Å²) in [4.78, 5) is 11.7. The molecule has 5 heteroatoms. The van der Waals surface area contributed by atoms with Crippen molar-refractivity contribution in [3.63, 3.8) is 0 Å². The van der Waals surface area contributed by atoms with Gasteiger partial charge in [0.05, 0.1) is 25.4 Å². The predicted octanol–water partition coefficient (Wildman–Crippen LogP) is -0.0939. The molecule has 0 aromatic rings. The van der Waals surface area contributed by atoms with Crippen molar-refractivity contribution in [1.82, 2.24) is 10.6 Å². The van der Waals surface area contributed by atoms with Gasteiger partial charge in [-0.05, 0) is 13.8 Å². The summed E-state index contributed by atoms with van der Waals surface area (Å²) in [5.74, 6) is 0.0325. The van der Waals surface area contributed by atoms with Crippen LogP contribution in [0, 0.1) is 0 Å². The highest BCUT2D eigenvalue weighted by atomic mass is 16.5. The van der Waals surface area contributed by atoms with E-state index in [0.29, 0.717) is 19.6 Å². The minimum Gasteiger partial charge on any atom is -0.382 e. The van der Waals surface area contributed by atoms with Crippen LogP contribution < -0.4 is 10.6 Å². The van der Waals surface area contributed by atoms with E-state index in [1.165, 1.54) is 0 Å². The van der Waals surface area contributed by atoms with Crippen molar-refractivity contribution in [3.8, 4) is 0 Å². The molecule has 16 heavy (non-hydrogen) atoms. The zero-order valence-electron chi connectivity index (χ0n) is 10.3. The molecule has 0 radical (unpaired) electrons. The molecule has 0 spiro atoms. The van der Waals surface area contributed by atoms with Crippen LogP contribution in [-0.2, 0) is 14.3 Å². The highest BCUT2D eigenvalue weighted by molar-refractivity contribution is 5.77. The Labute approximate surface area is 96.9 Å². The summed E-state index contributed by atoms with van der Waals surface area (Å²) in [6, 6.07) is 0.132. The molecule has 1 unspecified atom stereocenters. The number of morpholine rings is 1. The largest absolute Gasteiger partial charge is 0.382 e. The quantitative estimate of drug-likeness (QED) is 0.693. The van der Waals surface area contributed by atoms with Crippen molar-refractivity contribution in [2.45, 2.75) is 31.8 Å². The Morgan fingerprint density at radius 3 is 2.94 bits per heavy atom. The smallest absolute Gasteiger partial charge is 0.222 e. The minimum atomic E-state index is -0.318. The monoisotopic (exact) mass is 230 g/mol. The number of methoxy groups -OCH3 is 1. The van der Waals surface area contributed by atoms with Gasteiger partial charge in [0, 0.05) is 26.1 Å². The molecule has 0 saturated carbocycles. The number of carbonyl (C=O) groups excluding carboxylic acids is 1. The number of ether oxygens (including phenoxy) is 2. The molecular formula is C11H22N2O3. The highest BCUT2D eigenvalue weighted by Gasteiger charge is 2.23. The number of rotatable bonds is 5. The Kier molecular flexibility index (Phi) is 5.18. The molecule has 1 fully saturated rings. The summed E-state index contributed by atoms with van der Waals surface area (Å²) < 4.78 is 10.3. The molecule has 1 amide bonds. The van der Waals surface area contributed by atoms with E-state index >= 15 is 0 Å². The topological polar surface area (TPSA) is 59.6 Å². The fraction of sp³-hybridized carbons (Fsp3) is 0.909. The summed E-state index contributed by atoms with van der Waals surface area (Å²) >= 11 is 0. The Morgan fingerprint density at radius 1 is 1.62 bits per heavy atom. The molecule has 0 aromatic carbocycles. The van der Waals surface area contributed by atoms with Crippen LogP contribution in [-0.4, -0.2) is 51.0 Å². The number of carbonyl (C=O) groups is 1. The van der Waals surface area contributed by atoms with Crippen LogP contribution in [0.1, 0.15) is 20.3 Å². The minimum absolute atomic E-state index is 0.0325. The van der Waals surface area contributed by atoms with Crippen molar-refractivity contribution >= 4 is 5.91 Å². The van der Waals surface area contributed by atoms with E-state index < -0.39 is 0 Å². The van der Waals surface area contributed by atoms with Gasteiger partial charge in [0.2, 0.25) is 5.91 Å². The first-order valence-corrected chi connectivity index (χ1v) is 5.64. The van der Waals surface area contributed by atoms with Crippen molar-refractivity contribution in [1.29, 1.82) is 0 Å². The lowest BCUT2D eigenvalue weighted by molar-refractivity contribution is -0.124. The predicted molar refractivity (Wildman–Crippen MR) is 61.3 cm³/mol. The van der Waals surface area contributed by atoms with Crippen LogP contribution in [0.2, 0.25) is 0 Å². The van der Waals surface area contributed by atoms with Crippen LogP contribution in [0.3, 0.4) is 0 Å². The molecule has 0 bridgehead atoms. The van der Waals surface area contributed by atoms with Crippen LogP contribution in [0.4, 0.5) is 0 Å². The van der Waals surface area contributed by atoms with E-state index in [9.17, 15) is 4.79 Å². The molecule has 0 aliphatic carbocycles. The average molecular weight is 230 g/mol.